The molecule has 1 unspecified atom stereocenters. The highest BCUT2D eigenvalue weighted by Gasteiger charge is 2.12. The summed E-state index contributed by atoms with van der Waals surface area (Å²) >= 11 is 0. The molecule has 1 atom stereocenters. The van der Waals surface area contributed by atoms with Gasteiger partial charge in [-0.15, -0.1) is 0 Å². The van der Waals surface area contributed by atoms with Crippen molar-refractivity contribution in [2.45, 2.75) is 58.9 Å². The van der Waals surface area contributed by atoms with Crippen molar-refractivity contribution in [3.05, 3.63) is 29.3 Å². The number of hydrogen-bond acceptors (Lipinski definition) is 2. The van der Waals surface area contributed by atoms with E-state index in [-0.39, 0.29) is 11.9 Å². The number of carbonyl (C=O) groups excluding carboxylic acids is 1. The van der Waals surface area contributed by atoms with Crippen LogP contribution in [0.4, 0.5) is 5.69 Å². The Kier molecular flexibility index (Phi) is 6.40. The van der Waals surface area contributed by atoms with Crippen molar-refractivity contribution < 1.29 is 4.79 Å². The molecular weight excluding hydrogens is 236 g/mol. The standard InChI is InChI=1S/C16H26N2O/c1-4-5-6-7-8-13(3)18-16(19)15-11-14(17)10-9-12(15)2/h9-11,13H,4-8,17H2,1-3H3,(H,18,19). The lowest BCUT2D eigenvalue weighted by atomic mass is 10.1. The van der Waals surface area contributed by atoms with Crippen LogP contribution in [0.3, 0.4) is 0 Å². The van der Waals surface area contributed by atoms with Crippen LogP contribution in [0.25, 0.3) is 0 Å². The predicted molar refractivity (Wildman–Crippen MR) is 81.3 cm³/mol. The van der Waals surface area contributed by atoms with E-state index in [9.17, 15) is 4.79 Å². The number of amides is 1. The molecule has 0 aliphatic heterocycles. The minimum absolute atomic E-state index is 0.0206. The maximum atomic E-state index is 12.2. The Bertz CT molecular complexity index is 415. The average molecular weight is 262 g/mol. The normalized spacial score (nSPS) is 12.2. The minimum Gasteiger partial charge on any atom is -0.399 e. The summed E-state index contributed by atoms with van der Waals surface area (Å²) in [6.07, 6.45) is 5.96. The number of aryl methyl sites for hydroxylation is 1. The van der Waals surface area contributed by atoms with Crippen LogP contribution >= 0.6 is 0 Å². The monoisotopic (exact) mass is 262 g/mol. The molecule has 0 aliphatic carbocycles. The van der Waals surface area contributed by atoms with Gasteiger partial charge in [0.1, 0.15) is 0 Å². The van der Waals surface area contributed by atoms with E-state index in [0.717, 1.165) is 12.0 Å². The molecule has 1 aromatic rings. The molecule has 106 valence electrons. The van der Waals surface area contributed by atoms with Crippen molar-refractivity contribution in [1.29, 1.82) is 0 Å². The Hall–Kier alpha value is -1.51. The van der Waals surface area contributed by atoms with Crippen LogP contribution in [0.1, 0.15) is 61.9 Å². The van der Waals surface area contributed by atoms with Gasteiger partial charge in [-0.25, -0.2) is 0 Å². The fourth-order valence-corrected chi connectivity index (χ4v) is 2.14. The fraction of sp³-hybridized carbons (Fsp3) is 0.562. The number of hydrogen-bond donors (Lipinski definition) is 2. The van der Waals surface area contributed by atoms with Crippen molar-refractivity contribution in [3.8, 4) is 0 Å². The molecule has 0 aromatic heterocycles. The Labute approximate surface area is 116 Å². The second-order valence-electron chi connectivity index (χ2n) is 5.30. The van der Waals surface area contributed by atoms with Gasteiger partial charge in [0, 0.05) is 17.3 Å². The number of rotatable bonds is 7. The SMILES string of the molecule is CCCCCCC(C)NC(=O)c1cc(N)ccc1C. The summed E-state index contributed by atoms with van der Waals surface area (Å²) in [5.74, 6) is -0.0206. The van der Waals surface area contributed by atoms with E-state index < -0.39 is 0 Å². The average Bonchev–Trinajstić information content (AvgIpc) is 2.37. The highest BCUT2D eigenvalue weighted by Crippen LogP contribution is 2.13. The lowest BCUT2D eigenvalue weighted by Crippen LogP contribution is -2.33. The van der Waals surface area contributed by atoms with Gasteiger partial charge in [0.05, 0.1) is 0 Å². The number of benzene rings is 1. The van der Waals surface area contributed by atoms with E-state index in [1.54, 1.807) is 6.07 Å². The third kappa shape index (κ3) is 5.33. The van der Waals surface area contributed by atoms with Crippen molar-refractivity contribution >= 4 is 11.6 Å². The zero-order valence-electron chi connectivity index (χ0n) is 12.3. The van der Waals surface area contributed by atoms with E-state index in [0.29, 0.717) is 11.3 Å². The molecule has 0 radical (unpaired) electrons. The quantitative estimate of drug-likeness (QED) is 0.582. The van der Waals surface area contributed by atoms with E-state index in [1.807, 2.05) is 19.1 Å². The molecule has 3 nitrogen and oxygen atoms in total. The fourth-order valence-electron chi connectivity index (χ4n) is 2.14. The van der Waals surface area contributed by atoms with Crippen LogP contribution in [-0.2, 0) is 0 Å². The van der Waals surface area contributed by atoms with Gasteiger partial charge >= 0.3 is 0 Å². The molecular formula is C16H26N2O. The zero-order chi connectivity index (χ0) is 14.3. The van der Waals surface area contributed by atoms with Crippen molar-refractivity contribution in [1.82, 2.24) is 5.32 Å². The first-order valence-corrected chi connectivity index (χ1v) is 7.21. The molecule has 19 heavy (non-hydrogen) atoms. The summed E-state index contributed by atoms with van der Waals surface area (Å²) in [5, 5.41) is 3.05. The van der Waals surface area contributed by atoms with Gasteiger partial charge in [0.15, 0.2) is 0 Å². The maximum absolute atomic E-state index is 12.2. The van der Waals surface area contributed by atoms with E-state index in [2.05, 4.69) is 19.2 Å². The van der Waals surface area contributed by atoms with Crippen molar-refractivity contribution in [2.24, 2.45) is 0 Å². The molecule has 0 saturated carbocycles. The number of carbonyl (C=O) groups is 1. The maximum Gasteiger partial charge on any atom is 0.251 e. The Morgan fingerprint density at radius 2 is 2.05 bits per heavy atom. The van der Waals surface area contributed by atoms with Crippen molar-refractivity contribution in [3.63, 3.8) is 0 Å². The van der Waals surface area contributed by atoms with Gasteiger partial charge in [-0.3, -0.25) is 4.79 Å². The van der Waals surface area contributed by atoms with Gasteiger partial charge in [-0.1, -0.05) is 38.7 Å². The number of unbranched alkanes of at least 4 members (excludes halogenated alkanes) is 3. The zero-order valence-corrected chi connectivity index (χ0v) is 12.3. The molecule has 0 aliphatic rings. The summed E-state index contributed by atoms with van der Waals surface area (Å²) < 4.78 is 0. The molecule has 0 bridgehead atoms. The highest BCUT2D eigenvalue weighted by molar-refractivity contribution is 5.96. The number of nitrogen functional groups attached to an aromatic ring is 1. The van der Waals surface area contributed by atoms with Gasteiger partial charge in [-0.2, -0.15) is 0 Å². The Morgan fingerprint density at radius 1 is 1.32 bits per heavy atom. The second-order valence-corrected chi connectivity index (χ2v) is 5.30. The largest absolute Gasteiger partial charge is 0.399 e. The molecule has 0 heterocycles. The van der Waals surface area contributed by atoms with Crippen LogP contribution in [-0.4, -0.2) is 11.9 Å². The second kappa shape index (κ2) is 7.82. The molecule has 0 saturated heterocycles. The molecule has 3 heteroatoms. The smallest absolute Gasteiger partial charge is 0.251 e. The van der Waals surface area contributed by atoms with Crippen molar-refractivity contribution in [2.75, 3.05) is 5.73 Å². The molecule has 3 N–H and O–H groups in total. The first-order valence-electron chi connectivity index (χ1n) is 7.21. The van der Waals surface area contributed by atoms with Crippen LogP contribution < -0.4 is 11.1 Å². The molecule has 0 fully saturated rings. The van der Waals surface area contributed by atoms with Crippen LogP contribution in [0.2, 0.25) is 0 Å². The van der Waals surface area contributed by atoms with Crippen LogP contribution in [0.15, 0.2) is 18.2 Å². The molecule has 0 spiro atoms. The summed E-state index contributed by atoms with van der Waals surface area (Å²) in [6, 6.07) is 5.66. The lowest BCUT2D eigenvalue weighted by Gasteiger charge is -2.15. The summed E-state index contributed by atoms with van der Waals surface area (Å²) in [7, 11) is 0. The first kappa shape index (κ1) is 15.5. The van der Waals surface area contributed by atoms with Gasteiger partial charge in [0.2, 0.25) is 0 Å². The number of nitrogens with two attached hydrogens (primary N) is 1. The van der Waals surface area contributed by atoms with Gasteiger partial charge in [0.25, 0.3) is 5.91 Å². The third-order valence-corrected chi connectivity index (χ3v) is 3.37. The predicted octanol–water partition coefficient (Wildman–Crippen LogP) is 3.67. The van der Waals surface area contributed by atoms with Gasteiger partial charge in [-0.05, 0) is 38.0 Å². The summed E-state index contributed by atoms with van der Waals surface area (Å²) in [6.45, 7) is 6.19. The third-order valence-electron chi connectivity index (χ3n) is 3.37. The van der Waals surface area contributed by atoms with E-state index in [4.69, 9.17) is 5.73 Å². The Balaban J connectivity index is 2.47. The topological polar surface area (TPSA) is 55.1 Å². The highest BCUT2D eigenvalue weighted by atomic mass is 16.1. The Morgan fingerprint density at radius 3 is 2.74 bits per heavy atom. The van der Waals surface area contributed by atoms with Crippen LogP contribution in [0, 0.1) is 6.92 Å². The first-order chi connectivity index (χ1) is 9.04. The number of anilines is 1. The van der Waals surface area contributed by atoms with E-state index >= 15 is 0 Å². The molecule has 1 rings (SSSR count). The minimum atomic E-state index is -0.0206. The molecule has 1 amide bonds. The van der Waals surface area contributed by atoms with E-state index in [1.165, 1.54) is 25.7 Å². The van der Waals surface area contributed by atoms with Crippen LogP contribution in [0.5, 0.6) is 0 Å². The lowest BCUT2D eigenvalue weighted by molar-refractivity contribution is 0.0937. The van der Waals surface area contributed by atoms with Gasteiger partial charge < -0.3 is 11.1 Å². The summed E-state index contributed by atoms with van der Waals surface area (Å²) in [4.78, 5) is 12.2. The number of nitrogens with one attached hydrogen (secondary N) is 1. The molecule has 1 aromatic carbocycles. The summed E-state index contributed by atoms with van der Waals surface area (Å²) in [5.41, 5.74) is 8.00.